The van der Waals surface area contributed by atoms with Crippen LogP contribution in [0.4, 0.5) is 11.4 Å². The average Bonchev–Trinajstić information content (AvgIpc) is 2.49. The Hall–Kier alpha value is -2.25. The molecule has 0 radical (unpaired) electrons. The normalized spacial score (nSPS) is 10.9. The summed E-state index contributed by atoms with van der Waals surface area (Å²) >= 11 is 1.55. The quantitative estimate of drug-likeness (QED) is 0.658. The number of rotatable bonds is 2. The molecule has 0 bridgehead atoms. The molecule has 1 N–H and O–H groups in total. The monoisotopic (exact) mass is 281 g/mol. The lowest BCUT2D eigenvalue weighted by Gasteiger charge is -2.08. The summed E-state index contributed by atoms with van der Waals surface area (Å²) in [4.78, 5) is 4.53. The number of aliphatic imine (C=N–C) groups is 1. The van der Waals surface area contributed by atoms with Gasteiger partial charge >= 0.3 is 0 Å². The van der Waals surface area contributed by atoms with Gasteiger partial charge in [0.25, 0.3) is 0 Å². The lowest BCUT2D eigenvalue weighted by Crippen LogP contribution is -2.06. The summed E-state index contributed by atoms with van der Waals surface area (Å²) in [5.41, 5.74) is 3.71. The van der Waals surface area contributed by atoms with E-state index in [2.05, 4.69) is 35.4 Å². The molecule has 0 aromatic heterocycles. The number of nitrogens with one attached hydrogen (secondary N) is 1. The first-order chi connectivity index (χ1) is 9.71. The Labute approximate surface area is 123 Å². The first-order valence-corrected chi connectivity index (χ1v) is 7.40. The third kappa shape index (κ3) is 3.87. The Morgan fingerprint density at radius 2 is 1.75 bits per heavy atom. The second-order valence-electron chi connectivity index (χ2n) is 4.27. The van der Waals surface area contributed by atoms with Crippen LogP contribution in [-0.2, 0) is 0 Å². The van der Waals surface area contributed by atoms with Gasteiger partial charge in [-0.05, 0) is 49.6 Å². The number of amidine groups is 1. The van der Waals surface area contributed by atoms with Crippen LogP contribution in [0.2, 0.25) is 0 Å². The molecule has 0 unspecified atom stereocenters. The Morgan fingerprint density at radius 3 is 2.30 bits per heavy atom. The van der Waals surface area contributed by atoms with E-state index in [0.717, 1.165) is 16.5 Å². The van der Waals surface area contributed by atoms with Crippen molar-refractivity contribution in [1.29, 1.82) is 5.26 Å². The van der Waals surface area contributed by atoms with Crippen LogP contribution >= 0.6 is 11.8 Å². The van der Waals surface area contributed by atoms with Crippen LogP contribution in [-0.4, -0.2) is 11.4 Å². The standard InChI is InChI=1S/C16H15N3S/c1-12-3-7-14(8-4-12)18-16(20-2)19-15-9-5-13(11-17)6-10-15/h3-10H,1-2H3,(H,18,19). The second kappa shape index (κ2) is 6.78. The molecule has 0 aliphatic rings. The fraction of sp³-hybridized carbons (Fsp3) is 0.125. The van der Waals surface area contributed by atoms with Crippen molar-refractivity contribution in [3.8, 4) is 6.07 Å². The predicted molar refractivity (Wildman–Crippen MR) is 86.6 cm³/mol. The Bertz CT molecular complexity index is 637. The van der Waals surface area contributed by atoms with Crippen LogP contribution in [0.25, 0.3) is 0 Å². The molecule has 20 heavy (non-hydrogen) atoms. The van der Waals surface area contributed by atoms with E-state index in [0.29, 0.717) is 5.56 Å². The van der Waals surface area contributed by atoms with Gasteiger partial charge in [-0.15, -0.1) is 0 Å². The molecule has 0 amide bonds. The number of nitriles is 1. The average molecular weight is 281 g/mol. The molecule has 100 valence electrons. The number of hydrogen-bond acceptors (Lipinski definition) is 3. The van der Waals surface area contributed by atoms with Crippen molar-refractivity contribution >= 4 is 28.3 Å². The van der Waals surface area contributed by atoms with Gasteiger partial charge in [0.2, 0.25) is 0 Å². The molecule has 0 saturated heterocycles. The predicted octanol–water partition coefficient (Wildman–Crippen LogP) is 4.33. The molecule has 0 atom stereocenters. The zero-order valence-corrected chi connectivity index (χ0v) is 12.2. The highest BCUT2D eigenvalue weighted by Crippen LogP contribution is 2.17. The van der Waals surface area contributed by atoms with Gasteiger partial charge in [0.05, 0.1) is 17.3 Å². The van der Waals surface area contributed by atoms with E-state index in [-0.39, 0.29) is 0 Å². The topological polar surface area (TPSA) is 48.2 Å². The molecule has 0 heterocycles. The molecule has 0 spiro atoms. The summed E-state index contributed by atoms with van der Waals surface area (Å²) in [6.07, 6.45) is 1.98. The van der Waals surface area contributed by atoms with Crippen molar-refractivity contribution in [3.63, 3.8) is 0 Å². The molecule has 2 aromatic carbocycles. The van der Waals surface area contributed by atoms with E-state index in [9.17, 15) is 0 Å². The van der Waals surface area contributed by atoms with Gasteiger partial charge < -0.3 is 5.32 Å². The van der Waals surface area contributed by atoms with Crippen LogP contribution in [0.1, 0.15) is 11.1 Å². The van der Waals surface area contributed by atoms with E-state index in [1.807, 2.05) is 30.5 Å². The van der Waals surface area contributed by atoms with E-state index < -0.39 is 0 Å². The minimum atomic E-state index is 0.640. The third-order valence-electron chi connectivity index (χ3n) is 2.72. The third-order valence-corrected chi connectivity index (χ3v) is 3.30. The summed E-state index contributed by atoms with van der Waals surface area (Å²) in [6.45, 7) is 2.06. The number of benzene rings is 2. The minimum absolute atomic E-state index is 0.640. The maximum absolute atomic E-state index is 8.77. The van der Waals surface area contributed by atoms with Gasteiger partial charge in [-0.25, -0.2) is 4.99 Å². The first-order valence-electron chi connectivity index (χ1n) is 6.18. The molecule has 0 aliphatic carbocycles. The molecule has 0 aliphatic heterocycles. The SMILES string of the molecule is CS/C(=N\c1ccc(C#N)cc1)Nc1ccc(C)cc1. The molecular weight excluding hydrogens is 266 g/mol. The lowest BCUT2D eigenvalue weighted by molar-refractivity contribution is 1.45. The van der Waals surface area contributed by atoms with E-state index in [4.69, 9.17) is 5.26 Å². The number of nitrogens with zero attached hydrogens (tertiary/aromatic N) is 2. The number of hydrogen-bond donors (Lipinski definition) is 1. The van der Waals surface area contributed by atoms with Gasteiger partial charge in [0.15, 0.2) is 5.17 Å². The highest BCUT2D eigenvalue weighted by molar-refractivity contribution is 8.13. The summed E-state index contributed by atoms with van der Waals surface area (Å²) in [5, 5.41) is 12.9. The molecular formula is C16H15N3S. The van der Waals surface area contributed by atoms with Gasteiger partial charge in [-0.1, -0.05) is 29.5 Å². The highest BCUT2D eigenvalue weighted by Gasteiger charge is 1.99. The van der Waals surface area contributed by atoms with Crippen LogP contribution in [0, 0.1) is 18.3 Å². The van der Waals surface area contributed by atoms with Crippen LogP contribution in [0.15, 0.2) is 53.5 Å². The van der Waals surface area contributed by atoms with Crippen molar-refractivity contribution in [2.24, 2.45) is 4.99 Å². The van der Waals surface area contributed by atoms with Gasteiger partial charge in [-0.3, -0.25) is 0 Å². The van der Waals surface area contributed by atoms with Crippen molar-refractivity contribution in [3.05, 3.63) is 59.7 Å². The lowest BCUT2D eigenvalue weighted by atomic mass is 10.2. The fourth-order valence-corrected chi connectivity index (χ4v) is 2.03. The number of thioether (sulfide) groups is 1. The van der Waals surface area contributed by atoms with Crippen LogP contribution in [0.3, 0.4) is 0 Å². The summed E-state index contributed by atoms with van der Waals surface area (Å²) in [5.74, 6) is 0. The summed E-state index contributed by atoms with van der Waals surface area (Å²) < 4.78 is 0. The zero-order chi connectivity index (χ0) is 14.4. The van der Waals surface area contributed by atoms with Gasteiger partial charge in [0.1, 0.15) is 0 Å². The van der Waals surface area contributed by atoms with Crippen molar-refractivity contribution in [1.82, 2.24) is 0 Å². The second-order valence-corrected chi connectivity index (χ2v) is 5.07. The van der Waals surface area contributed by atoms with E-state index >= 15 is 0 Å². The van der Waals surface area contributed by atoms with Crippen molar-refractivity contribution in [2.75, 3.05) is 11.6 Å². The molecule has 3 nitrogen and oxygen atoms in total. The number of anilines is 1. The Kier molecular flexibility index (Phi) is 4.80. The maximum Gasteiger partial charge on any atom is 0.165 e. The molecule has 2 rings (SSSR count). The van der Waals surface area contributed by atoms with Gasteiger partial charge in [-0.2, -0.15) is 5.26 Å². The molecule has 2 aromatic rings. The fourth-order valence-electron chi connectivity index (χ4n) is 1.61. The van der Waals surface area contributed by atoms with Crippen molar-refractivity contribution < 1.29 is 0 Å². The van der Waals surface area contributed by atoms with E-state index in [1.54, 1.807) is 23.9 Å². The smallest absolute Gasteiger partial charge is 0.165 e. The Balaban J connectivity index is 2.16. The molecule has 4 heteroatoms. The molecule has 0 fully saturated rings. The highest BCUT2D eigenvalue weighted by atomic mass is 32.2. The minimum Gasteiger partial charge on any atom is -0.335 e. The number of aryl methyl sites for hydroxylation is 1. The van der Waals surface area contributed by atoms with Crippen molar-refractivity contribution in [2.45, 2.75) is 6.92 Å². The van der Waals surface area contributed by atoms with E-state index in [1.165, 1.54) is 5.56 Å². The zero-order valence-electron chi connectivity index (χ0n) is 11.4. The Morgan fingerprint density at radius 1 is 1.10 bits per heavy atom. The first kappa shape index (κ1) is 14.2. The van der Waals surface area contributed by atoms with Crippen LogP contribution < -0.4 is 5.32 Å². The summed E-state index contributed by atoms with van der Waals surface area (Å²) in [6, 6.07) is 17.5. The van der Waals surface area contributed by atoms with Crippen LogP contribution in [0.5, 0.6) is 0 Å². The summed E-state index contributed by atoms with van der Waals surface area (Å²) in [7, 11) is 0. The van der Waals surface area contributed by atoms with Gasteiger partial charge in [0, 0.05) is 5.69 Å². The molecule has 0 saturated carbocycles. The largest absolute Gasteiger partial charge is 0.335 e. The maximum atomic E-state index is 8.77.